The van der Waals surface area contributed by atoms with Crippen LogP contribution >= 0.6 is 24.8 Å². The van der Waals surface area contributed by atoms with E-state index < -0.39 is 0 Å². The first-order valence-corrected chi connectivity index (χ1v) is 5.48. The largest absolute Gasteiger partial charge is 0.351 e. The Labute approximate surface area is 118 Å². The zero-order valence-corrected chi connectivity index (χ0v) is 11.7. The predicted molar refractivity (Wildman–Crippen MR) is 75.1 cm³/mol. The van der Waals surface area contributed by atoms with Crippen molar-refractivity contribution in [1.29, 1.82) is 0 Å². The van der Waals surface area contributed by atoms with Gasteiger partial charge in [0.1, 0.15) is 5.82 Å². The van der Waals surface area contributed by atoms with E-state index in [1.165, 1.54) is 0 Å². The molecule has 3 rings (SSSR count). The molecular weight excluding hydrogens is 275 g/mol. The van der Waals surface area contributed by atoms with E-state index in [2.05, 4.69) is 25.4 Å². The minimum atomic E-state index is 0. The van der Waals surface area contributed by atoms with Crippen LogP contribution in [0.5, 0.6) is 0 Å². The van der Waals surface area contributed by atoms with Gasteiger partial charge in [0.2, 0.25) is 5.65 Å². The first kappa shape index (κ1) is 14.9. The van der Waals surface area contributed by atoms with Crippen molar-refractivity contribution in [2.45, 2.75) is 6.92 Å². The average Bonchev–Trinajstić information content (AvgIpc) is 2.73. The second kappa shape index (κ2) is 6.17. The number of aryl methyl sites for hydroxylation is 1. The molecule has 18 heavy (non-hydrogen) atoms. The minimum absolute atomic E-state index is 0. The van der Waals surface area contributed by atoms with E-state index in [9.17, 15) is 0 Å². The molecule has 0 atom stereocenters. The third-order valence-electron chi connectivity index (χ3n) is 2.90. The molecule has 0 radical (unpaired) electrons. The van der Waals surface area contributed by atoms with E-state index in [0.717, 1.165) is 43.5 Å². The number of hydrogen-bond donors (Lipinski definition) is 1. The number of piperazine rings is 1. The molecule has 0 saturated carbocycles. The van der Waals surface area contributed by atoms with E-state index in [0.29, 0.717) is 0 Å². The third-order valence-corrected chi connectivity index (χ3v) is 2.90. The molecule has 0 aromatic carbocycles. The molecule has 8 heteroatoms. The molecule has 1 saturated heterocycles. The van der Waals surface area contributed by atoms with Gasteiger partial charge in [0.05, 0.1) is 0 Å². The number of anilines is 1. The standard InChI is InChI=1S/C10H14N6.2ClH/c1-8-13-14-10-9(12-4-7-16(8)10)15-5-2-11-3-6-15;;/h4,7,11H,2-3,5-6H2,1H3;2*1H. The molecule has 1 N–H and O–H groups in total. The summed E-state index contributed by atoms with van der Waals surface area (Å²) < 4.78 is 1.98. The third kappa shape index (κ3) is 2.50. The van der Waals surface area contributed by atoms with Crippen LogP contribution in [-0.4, -0.2) is 45.8 Å². The lowest BCUT2D eigenvalue weighted by Crippen LogP contribution is -2.44. The number of aromatic nitrogens is 4. The Balaban J connectivity index is 0.000000810. The lowest BCUT2D eigenvalue weighted by Gasteiger charge is -2.28. The van der Waals surface area contributed by atoms with Crippen molar-refractivity contribution in [3.8, 4) is 0 Å². The number of rotatable bonds is 1. The van der Waals surface area contributed by atoms with E-state index in [1.807, 2.05) is 17.5 Å². The second-order valence-corrected chi connectivity index (χ2v) is 3.93. The van der Waals surface area contributed by atoms with Gasteiger partial charge in [-0.25, -0.2) is 4.98 Å². The Kier molecular flexibility index (Phi) is 5.13. The van der Waals surface area contributed by atoms with Gasteiger partial charge < -0.3 is 10.2 Å². The molecule has 0 bridgehead atoms. The van der Waals surface area contributed by atoms with Crippen molar-refractivity contribution < 1.29 is 0 Å². The van der Waals surface area contributed by atoms with Crippen LogP contribution in [0, 0.1) is 6.92 Å². The number of nitrogens with one attached hydrogen (secondary N) is 1. The van der Waals surface area contributed by atoms with Crippen LogP contribution in [0.15, 0.2) is 12.4 Å². The molecular formula is C10H16Cl2N6. The van der Waals surface area contributed by atoms with Crippen LogP contribution in [0.4, 0.5) is 5.82 Å². The maximum atomic E-state index is 4.42. The van der Waals surface area contributed by atoms with Gasteiger partial charge in [0.25, 0.3) is 0 Å². The van der Waals surface area contributed by atoms with Crippen LogP contribution in [-0.2, 0) is 0 Å². The summed E-state index contributed by atoms with van der Waals surface area (Å²) in [6.45, 7) is 5.88. The fraction of sp³-hybridized carbons (Fsp3) is 0.500. The summed E-state index contributed by atoms with van der Waals surface area (Å²) in [5, 5.41) is 11.6. The summed E-state index contributed by atoms with van der Waals surface area (Å²) in [6, 6.07) is 0. The fourth-order valence-corrected chi connectivity index (χ4v) is 2.03. The van der Waals surface area contributed by atoms with Crippen molar-refractivity contribution in [3.63, 3.8) is 0 Å². The van der Waals surface area contributed by atoms with Crippen molar-refractivity contribution in [3.05, 3.63) is 18.2 Å². The smallest absolute Gasteiger partial charge is 0.203 e. The van der Waals surface area contributed by atoms with Crippen LogP contribution in [0.1, 0.15) is 5.82 Å². The minimum Gasteiger partial charge on any atom is -0.351 e. The Morgan fingerprint density at radius 1 is 1.17 bits per heavy atom. The maximum Gasteiger partial charge on any atom is 0.203 e. The zero-order chi connectivity index (χ0) is 11.0. The van der Waals surface area contributed by atoms with E-state index in [1.54, 1.807) is 6.20 Å². The highest BCUT2D eigenvalue weighted by atomic mass is 35.5. The quantitative estimate of drug-likeness (QED) is 0.837. The van der Waals surface area contributed by atoms with Gasteiger partial charge in [-0.1, -0.05) is 0 Å². The van der Waals surface area contributed by atoms with Gasteiger partial charge >= 0.3 is 0 Å². The van der Waals surface area contributed by atoms with Gasteiger partial charge in [-0.15, -0.1) is 35.0 Å². The molecule has 0 amide bonds. The van der Waals surface area contributed by atoms with Gasteiger partial charge in [0, 0.05) is 38.6 Å². The molecule has 0 unspecified atom stereocenters. The number of fused-ring (bicyclic) bond motifs is 1. The zero-order valence-electron chi connectivity index (χ0n) is 10.0. The molecule has 2 aromatic heterocycles. The summed E-state index contributed by atoms with van der Waals surface area (Å²) in [5.74, 6) is 1.83. The molecule has 1 fully saturated rings. The first-order valence-electron chi connectivity index (χ1n) is 5.48. The topological polar surface area (TPSA) is 58.4 Å². The Hall–Kier alpha value is -1.11. The van der Waals surface area contributed by atoms with E-state index in [4.69, 9.17) is 0 Å². The van der Waals surface area contributed by atoms with E-state index >= 15 is 0 Å². The summed E-state index contributed by atoms with van der Waals surface area (Å²) >= 11 is 0. The molecule has 2 aromatic rings. The Bertz CT molecular complexity index is 508. The van der Waals surface area contributed by atoms with Gasteiger partial charge in [-0.3, -0.25) is 4.40 Å². The monoisotopic (exact) mass is 290 g/mol. The normalized spacial score (nSPS) is 15.1. The van der Waals surface area contributed by atoms with Gasteiger partial charge in [-0.05, 0) is 6.92 Å². The lowest BCUT2D eigenvalue weighted by atomic mass is 10.3. The number of nitrogens with zero attached hydrogens (tertiary/aromatic N) is 5. The number of halogens is 2. The summed E-state index contributed by atoms with van der Waals surface area (Å²) in [6.07, 6.45) is 3.71. The van der Waals surface area contributed by atoms with Crippen molar-refractivity contribution >= 4 is 36.3 Å². The van der Waals surface area contributed by atoms with Gasteiger partial charge in [0.15, 0.2) is 5.82 Å². The molecule has 100 valence electrons. The molecule has 0 aliphatic carbocycles. The highest BCUT2D eigenvalue weighted by Crippen LogP contribution is 2.17. The second-order valence-electron chi connectivity index (χ2n) is 3.93. The van der Waals surface area contributed by atoms with E-state index in [-0.39, 0.29) is 24.8 Å². The lowest BCUT2D eigenvalue weighted by molar-refractivity contribution is 0.585. The fourth-order valence-electron chi connectivity index (χ4n) is 2.03. The van der Waals surface area contributed by atoms with Crippen molar-refractivity contribution in [1.82, 2.24) is 24.9 Å². The maximum absolute atomic E-state index is 4.42. The summed E-state index contributed by atoms with van der Waals surface area (Å²) in [4.78, 5) is 6.67. The van der Waals surface area contributed by atoms with Crippen LogP contribution in [0.25, 0.3) is 5.65 Å². The summed E-state index contributed by atoms with van der Waals surface area (Å²) in [7, 11) is 0. The number of hydrogen-bond acceptors (Lipinski definition) is 5. The van der Waals surface area contributed by atoms with Crippen molar-refractivity contribution in [2.75, 3.05) is 31.1 Å². The average molecular weight is 291 g/mol. The molecule has 1 aliphatic rings. The molecule has 1 aliphatic heterocycles. The molecule has 6 nitrogen and oxygen atoms in total. The molecule has 0 spiro atoms. The van der Waals surface area contributed by atoms with Crippen molar-refractivity contribution in [2.24, 2.45) is 0 Å². The Morgan fingerprint density at radius 3 is 2.61 bits per heavy atom. The summed E-state index contributed by atoms with van der Waals surface area (Å²) in [5.41, 5.74) is 0.849. The highest BCUT2D eigenvalue weighted by molar-refractivity contribution is 5.85. The Morgan fingerprint density at radius 2 is 1.89 bits per heavy atom. The highest BCUT2D eigenvalue weighted by Gasteiger charge is 2.16. The first-order chi connectivity index (χ1) is 7.86. The predicted octanol–water partition coefficient (Wildman–Crippen LogP) is 0.686. The van der Waals surface area contributed by atoms with Crippen LogP contribution < -0.4 is 10.2 Å². The molecule has 3 heterocycles. The van der Waals surface area contributed by atoms with Gasteiger partial charge in [-0.2, -0.15) is 0 Å². The van der Waals surface area contributed by atoms with Crippen LogP contribution in [0.2, 0.25) is 0 Å². The SMILES string of the molecule is Cc1nnc2c(N3CCNCC3)nccn12.Cl.Cl. The van der Waals surface area contributed by atoms with Crippen LogP contribution in [0.3, 0.4) is 0 Å².